The highest BCUT2D eigenvalue weighted by Crippen LogP contribution is 2.43. The van der Waals surface area contributed by atoms with Gasteiger partial charge in [0.25, 0.3) is 0 Å². The number of carbonyl (C=O) groups excluding carboxylic acids is 2. The molecule has 3 aromatic carbocycles. The molecular formula is C38H38F3N3O5S. The number of thioether (sulfide) groups is 1. The second-order valence-electron chi connectivity index (χ2n) is 12.5. The number of ether oxygens (including phenoxy) is 2. The highest BCUT2D eigenvalue weighted by atomic mass is 32.2. The number of aromatic nitrogens is 1. The lowest BCUT2D eigenvalue weighted by molar-refractivity contribution is -0.268. The van der Waals surface area contributed by atoms with Crippen molar-refractivity contribution in [2.75, 3.05) is 12.3 Å². The predicted octanol–water partition coefficient (Wildman–Crippen LogP) is 6.99. The molecule has 2 fully saturated rings. The Morgan fingerprint density at radius 2 is 1.68 bits per heavy atom. The van der Waals surface area contributed by atoms with E-state index in [1.54, 1.807) is 18.0 Å². The maximum Gasteiger partial charge on any atom is 0.471 e. The van der Waals surface area contributed by atoms with Crippen LogP contribution in [0.3, 0.4) is 0 Å². The second kappa shape index (κ2) is 15.8. The molecule has 5 atom stereocenters. The molecule has 2 N–H and O–H groups in total. The van der Waals surface area contributed by atoms with Crippen molar-refractivity contribution >= 4 is 23.6 Å². The van der Waals surface area contributed by atoms with Gasteiger partial charge in [-0.15, -0.1) is 11.8 Å². The van der Waals surface area contributed by atoms with Gasteiger partial charge in [-0.3, -0.25) is 9.59 Å². The minimum Gasteiger partial charge on any atom is -0.392 e. The van der Waals surface area contributed by atoms with Crippen LogP contribution >= 0.6 is 11.8 Å². The fraction of sp³-hybridized carbons (Fsp3) is 0.342. The number of benzene rings is 3. The number of hydrogen-bond donors (Lipinski definition) is 2. The van der Waals surface area contributed by atoms with Crippen molar-refractivity contribution in [3.63, 3.8) is 0 Å². The Kier molecular flexibility index (Phi) is 11.2. The third-order valence-electron chi connectivity index (χ3n) is 9.18. The van der Waals surface area contributed by atoms with E-state index >= 15 is 0 Å². The highest BCUT2D eigenvalue weighted by molar-refractivity contribution is 7.99. The lowest BCUT2D eigenvalue weighted by Gasteiger charge is -2.41. The van der Waals surface area contributed by atoms with E-state index in [2.05, 4.69) is 17.2 Å². The molecular weight excluding hydrogens is 667 g/mol. The van der Waals surface area contributed by atoms with Gasteiger partial charge in [-0.25, -0.2) is 4.98 Å². The number of nitrogens with one attached hydrogen (secondary N) is 1. The van der Waals surface area contributed by atoms with E-state index in [4.69, 9.17) is 9.47 Å². The van der Waals surface area contributed by atoms with Crippen molar-refractivity contribution in [3.8, 4) is 11.1 Å². The van der Waals surface area contributed by atoms with Crippen molar-refractivity contribution in [2.45, 2.75) is 68.7 Å². The van der Waals surface area contributed by atoms with E-state index < -0.39 is 30.3 Å². The Bertz CT molecular complexity index is 1760. The van der Waals surface area contributed by atoms with Crippen LogP contribution in [0.4, 0.5) is 13.2 Å². The highest BCUT2D eigenvalue weighted by Gasteiger charge is 2.47. The summed E-state index contributed by atoms with van der Waals surface area (Å²) >= 11 is 1.63. The number of hydrogen-bond acceptors (Lipinski definition) is 7. The van der Waals surface area contributed by atoms with Gasteiger partial charge in [-0.1, -0.05) is 85.8 Å². The van der Waals surface area contributed by atoms with E-state index in [9.17, 15) is 27.9 Å². The normalized spacial score (nSPS) is 22.3. The lowest BCUT2D eigenvalue weighted by atomic mass is 9.91. The Hall–Kier alpha value is -4.23. The Morgan fingerprint density at radius 1 is 0.960 bits per heavy atom. The Morgan fingerprint density at radius 3 is 2.38 bits per heavy atom. The summed E-state index contributed by atoms with van der Waals surface area (Å²) in [6, 6.07) is 27.7. The van der Waals surface area contributed by atoms with Gasteiger partial charge >= 0.3 is 12.1 Å². The number of likely N-dealkylation sites (tertiary alicyclic amines) is 1. The summed E-state index contributed by atoms with van der Waals surface area (Å²) in [6.07, 6.45) is -3.82. The zero-order valence-corrected chi connectivity index (χ0v) is 28.2. The summed E-state index contributed by atoms with van der Waals surface area (Å²) < 4.78 is 52.4. The summed E-state index contributed by atoms with van der Waals surface area (Å²) in [5.41, 5.74) is 5.13. The first-order valence-electron chi connectivity index (χ1n) is 16.5. The molecule has 262 valence electrons. The van der Waals surface area contributed by atoms with Gasteiger partial charge in [0.2, 0.25) is 5.91 Å². The zero-order valence-electron chi connectivity index (χ0n) is 27.4. The summed E-state index contributed by atoms with van der Waals surface area (Å²) in [5, 5.41) is 13.2. The van der Waals surface area contributed by atoms with Crippen LogP contribution in [0, 0.1) is 5.92 Å². The third kappa shape index (κ3) is 8.21. The molecule has 0 radical (unpaired) electrons. The molecule has 2 aliphatic heterocycles. The molecule has 0 saturated carbocycles. The Balaban J connectivity index is 1.17. The maximum atomic E-state index is 13.1. The lowest BCUT2D eigenvalue weighted by Crippen LogP contribution is -2.50. The van der Waals surface area contributed by atoms with Crippen LogP contribution < -0.4 is 5.32 Å². The molecule has 50 heavy (non-hydrogen) atoms. The topological polar surface area (TPSA) is 101 Å². The van der Waals surface area contributed by atoms with Gasteiger partial charge in [0, 0.05) is 36.5 Å². The molecule has 4 aromatic rings. The van der Waals surface area contributed by atoms with Crippen molar-refractivity contribution in [1.82, 2.24) is 15.2 Å². The van der Waals surface area contributed by atoms with Gasteiger partial charge in [0.05, 0.1) is 23.8 Å². The quantitative estimate of drug-likeness (QED) is 0.172. The number of carbonyl (C=O) groups is 2. The van der Waals surface area contributed by atoms with E-state index in [0.717, 1.165) is 38.4 Å². The zero-order chi connectivity index (χ0) is 35.3. The van der Waals surface area contributed by atoms with Crippen molar-refractivity contribution in [2.24, 2.45) is 5.92 Å². The number of alkyl halides is 3. The van der Waals surface area contributed by atoms with E-state index in [0.29, 0.717) is 17.1 Å². The average molecular weight is 706 g/mol. The maximum absolute atomic E-state index is 13.1. The molecule has 3 heterocycles. The fourth-order valence-electron chi connectivity index (χ4n) is 6.43. The fourth-order valence-corrected chi connectivity index (χ4v) is 7.46. The standard InChI is InChI=1S/C38H38F3N3O5S/c1-24-32(23-50-33-10-4-5-19-42-33)48-36(49-34(24)27-13-11-25(22-45)12-14-27)28-17-15-26(16-18-28)30-8-3-2-7-29(30)21-43-35(46)31-9-6-20-44(31)37(47)38(39,40)41/h2-5,7-8,10-19,24,31-32,34,36,45H,6,9,20-23H2,1H3,(H,43,46)/t24-,31-,32+,34+,36+/m0/s1. The van der Waals surface area contributed by atoms with Crippen molar-refractivity contribution in [3.05, 3.63) is 119 Å². The molecule has 1 aromatic heterocycles. The largest absolute Gasteiger partial charge is 0.471 e. The van der Waals surface area contributed by atoms with Crippen LogP contribution in [0.1, 0.15) is 54.4 Å². The van der Waals surface area contributed by atoms with Crippen LogP contribution in [0.2, 0.25) is 0 Å². The van der Waals surface area contributed by atoms with Gasteiger partial charge in [0.1, 0.15) is 6.04 Å². The van der Waals surface area contributed by atoms with Crippen LogP contribution in [-0.2, 0) is 32.2 Å². The minimum absolute atomic E-state index is 0.0201. The van der Waals surface area contributed by atoms with Crippen LogP contribution in [0.25, 0.3) is 11.1 Å². The second-order valence-corrected chi connectivity index (χ2v) is 13.5. The van der Waals surface area contributed by atoms with E-state index in [-0.39, 0.29) is 44.2 Å². The number of aliphatic hydroxyl groups is 1. The molecule has 8 nitrogen and oxygen atoms in total. The number of aliphatic hydroxyl groups excluding tert-OH is 1. The molecule has 0 aliphatic carbocycles. The summed E-state index contributed by atoms with van der Waals surface area (Å²) in [7, 11) is 0. The number of rotatable bonds is 10. The first-order chi connectivity index (χ1) is 24.1. The van der Waals surface area contributed by atoms with E-state index in [1.807, 2.05) is 91.0 Å². The first kappa shape index (κ1) is 35.6. The van der Waals surface area contributed by atoms with Gasteiger partial charge in [-0.05, 0) is 52.8 Å². The summed E-state index contributed by atoms with van der Waals surface area (Å²) in [5.74, 6) is -1.90. The molecule has 2 aliphatic rings. The monoisotopic (exact) mass is 705 g/mol. The van der Waals surface area contributed by atoms with Crippen LogP contribution in [0.15, 0.2) is 102 Å². The first-order valence-corrected chi connectivity index (χ1v) is 17.5. The van der Waals surface area contributed by atoms with Crippen molar-refractivity contribution in [1.29, 1.82) is 0 Å². The molecule has 12 heteroatoms. The number of nitrogens with zero attached hydrogens (tertiary/aromatic N) is 2. The minimum atomic E-state index is -5.03. The van der Waals surface area contributed by atoms with Gasteiger partial charge in [0.15, 0.2) is 6.29 Å². The van der Waals surface area contributed by atoms with E-state index in [1.165, 1.54) is 0 Å². The molecule has 2 saturated heterocycles. The van der Waals surface area contributed by atoms with Crippen LogP contribution in [-0.4, -0.2) is 57.4 Å². The van der Waals surface area contributed by atoms with Crippen molar-refractivity contribution < 1.29 is 37.3 Å². The predicted molar refractivity (Wildman–Crippen MR) is 182 cm³/mol. The summed E-state index contributed by atoms with van der Waals surface area (Å²) in [4.78, 5) is 29.9. The number of amides is 2. The van der Waals surface area contributed by atoms with Gasteiger partial charge in [-0.2, -0.15) is 13.2 Å². The van der Waals surface area contributed by atoms with Gasteiger partial charge < -0.3 is 24.8 Å². The molecule has 0 spiro atoms. The smallest absolute Gasteiger partial charge is 0.392 e. The Labute approximate surface area is 293 Å². The molecule has 0 bridgehead atoms. The third-order valence-corrected chi connectivity index (χ3v) is 10.2. The SMILES string of the molecule is C[C@H]1[C@@H](CSc2ccccn2)O[C@@H](c2ccc(-c3ccccc3CNC(=O)[C@@H]3CCCN3C(=O)C(F)(F)F)cc2)O[C@H]1c1ccc(CO)cc1. The number of halogens is 3. The molecule has 0 unspecified atom stereocenters. The number of pyridine rings is 1. The summed E-state index contributed by atoms with van der Waals surface area (Å²) in [6.45, 7) is 2.05. The molecule has 6 rings (SSSR count). The van der Waals surface area contributed by atoms with Crippen LogP contribution in [0.5, 0.6) is 0 Å². The average Bonchev–Trinajstić information content (AvgIpc) is 3.63. The molecule has 2 amide bonds.